The minimum atomic E-state index is -0.245. The molecule has 0 spiro atoms. The van der Waals surface area contributed by atoms with Gasteiger partial charge in [-0.15, -0.1) is 0 Å². The fourth-order valence-electron chi connectivity index (χ4n) is 2.14. The number of hydrogen-bond acceptors (Lipinski definition) is 3. The van der Waals surface area contributed by atoms with Gasteiger partial charge in [0.05, 0.1) is 12.6 Å². The molecule has 1 heterocycles. The van der Waals surface area contributed by atoms with Crippen LogP contribution in [-0.2, 0) is 9.59 Å². The van der Waals surface area contributed by atoms with E-state index < -0.39 is 0 Å². The first-order chi connectivity index (χ1) is 9.69. The van der Waals surface area contributed by atoms with Gasteiger partial charge in [0.2, 0.25) is 11.8 Å². The minimum Gasteiger partial charge on any atom is -0.492 e. The van der Waals surface area contributed by atoms with E-state index in [-0.39, 0.29) is 17.9 Å². The number of hydrogen-bond donors (Lipinski definition) is 1. The Labute approximate surface area is 118 Å². The summed E-state index contributed by atoms with van der Waals surface area (Å²) in [5.74, 6) is 0.580. The largest absolute Gasteiger partial charge is 0.492 e. The topological polar surface area (TPSA) is 58.6 Å². The molecule has 5 heteroatoms. The van der Waals surface area contributed by atoms with Crippen molar-refractivity contribution in [3.63, 3.8) is 0 Å². The quantitative estimate of drug-likeness (QED) is 0.786. The summed E-state index contributed by atoms with van der Waals surface area (Å²) in [4.78, 5) is 24.7. The van der Waals surface area contributed by atoms with Crippen LogP contribution in [-0.4, -0.2) is 42.5 Å². The Morgan fingerprint density at radius 3 is 2.90 bits per heavy atom. The lowest BCUT2D eigenvalue weighted by molar-refractivity contribution is -0.128. The fourth-order valence-corrected chi connectivity index (χ4v) is 2.14. The highest BCUT2D eigenvalue weighted by Crippen LogP contribution is 2.12. The molecule has 1 saturated heterocycles. The predicted molar refractivity (Wildman–Crippen MR) is 75.3 cm³/mol. The molecule has 106 valence electrons. The van der Waals surface area contributed by atoms with E-state index in [1.165, 1.54) is 6.08 Å². The third-order valence-corrected chi connectivity index (χ3v) is 3.12. The Morgan fingerprint density at radius 1 is 1.45 bits per heavy atom. The summed E-state index contributed by atoms with van der Waals surface area (Å²) < 4.78 is 5.56. The van der Waals surface area contributed by atoms with Crippen LogP contribution in [0.25, 0.3) is 0 Å². The molecule has 1 atom stereocenters. The van der Waals surface area contributed by atoms with Gasteiger partial charge in [-0.05, 0) is 18.2 Å². The van der Waals surface area contributed by atoms with Crippen LogP contribution in [0.1, 0.15) is 6.42 Å². The molecule has 1 N–H and O–H groups in total. The maximum absolute atomic E-state index is 11.8. The highest BCUT2D eigenvalue weighted by atomic mass is 16.5. The number of para-hydroxylation sites is 1. The summed E-state index contributed by atoms with van der Waals surface area (Å²) in [5, 5.41) is 2.74. The monoisotopic (exact) mass is 274 g/mol. The average Bonchev–Trinajstić information content (AvgIpc) is 2.80. The van der Waals surface area contributed by atoms with Gasteiger partial charge < -0.3 is 15.0 Å². The Balaban J connectivity index is 1.75. The maximum atomic E-state index is 11.8. The van der Waals surface area contributed by atoms with Crippen LogP contribution in [0.2, 0.25) is 0 Å². The molecular formula is C15H18N2O3. The number of benzene rings is 1. The zero-order valence-corrected chi connectivity index (χ0v) is 11.2. The first-order valence-electron chi connectivity index (χ1n) is 6.57. The summed E-state index contributed by atoms with van der Waals surface area (Å²) in [7, 11) is 0. The zero-order chi connectivity index (χ0) is 14.4. The average molecular weight is 274 g/mol. The SMILES string of the molecule is C=CC(=O)NC1CC(=O)N(CCOc2ccccc2)C1. The standard InChI is InChI=1S/C15H18N2O3/c1-2-14(18)16-12-10-15(19)17(11-12)8-9-20-13-6-4-3-5-7-13/h2-7,12H,1,8-11H2,(H,16,18). The second-order valence-corrected chi connectivity index (χ2v) is 4.62. The molecule has 0 aromatic heterocycles. The molecule has 1 aliphatic rings. The molecule has 5 nitrogen and oxygen atoms in total. The van der Waals surface area contributed by atoms with Gasteiger partial charge in [-0.3, -0.25) is 9.59 Å². The van der Waals surface area contributed by atoms with E-state index in [9.17, 15) is 9.59 Å². The lowest BCUT2D eigenvalue weighted by atomic mass is 10.2. The van der Waals surface area contributed by atoms with E-state index in [4.69, 9.17) is 4.74 Å². The van der Waals surface area contributed by atoms with Crippen molar-refractivity contribution in [2.45, 2.75) is 12.5 Å². The molecule has 0 saturated carbocycles. The van der Waals surface area contributed by atoms with Gasteiger partial charge in [0, 0.05) is 13.0 Å². The van der Waals surface area contributed by atoms with Crippen molar-refractivity contribution < 1.29 is 14.3 Å². The molecule has 1 unspecified atom stereocenters. The second kappa shape index (κ2) is 6.75. The van der Waals surface area contributed by atoms with Crippen LogP contribution < -0.4 is 10.1 Å². The Hall–Kier alpha value is -2.30. The second-order valence-electron chi connectivity index (χ2n) is 4.62. The van der Waals surface area contributed by atoms with Crippen LogP contribution in [0.5, 0.6) is 5.75 Å². The predicted octanol–water partition coefficient (Wildman–Crippen LogP) is 0.968. The van der Waals surface area contributed by atoms with Crippen LogP contribution in [0, 0.1) is 0 Å². The molecular weight excluding hydrogens is 256 g/mol. The molecule has 2 amide bonds. The van der Waals surface area contributed by atoms with Crippen molar-refractivity contribution in [1.29, 1.82) is 0 Å². The van der Waals surface area contributed by atoms with Crippen LogP contribution in [0.15, 0.2) is 43.0 Å². The molecule has 0 aliphatic carbocycles. The highest BCUT2D eigenvalue weighted by molar-refractivity contribution is 5.88. The number of nitrogens with one attached hydrogen (secondary N) is 1. The summed E-state index contributed by atoms with van der Waals surface area (Å²) in [5.41, 5.74) is 0. The van der Waals surface area contributed by atoms with E-state index in [1.807, 2.05) is 30.3 Å². The number of amides is 2. The Kier molecular flexibility index (Phi) is 4.76. The van der Waals surface area contributed by atoms with Crippen molar-refractivity contribution in [3.8, 4) is 5.75 Å². The fraction of sp³-hybridized carbons (Fsp3) is 0.333. The molecule has 1 aromatic carbocycles. The van der Waals surface area contributed by atoms with Crippen LogP contribution >= 0.6 is 0 Å². The van der Waals surface area contributed by atoms with Gasteiger partial charge in [-0.2, -0.15) is 0 Å². The van der Waals surface area contributed by atoms with Crippen LogP contribution in [0.3, 0.4) is 0 Å². The first-order valence-corrected chi connectivity index (χ1v) is 6.57. The van der Waals surface area contributed by atoms with E-state index in [0.29, 0.717) is 26.1 Å². The van der Waals surface area contributed by atoms with E-state index in [2.05, 4.69) is 11.9 Å². The van der Waals surface area contributed by atoms with Crippen molar-refractivity contribution in [1.82, 2.24) is 10.2 Å². The summed E-state index contributed by atoms with van der Waals surface area (Å²) in [6, 6.07) is 9.33. The van der Waals surface area contributed by atoms with Gasteiger partial charge in [-0.25, -0.2) is 0 Å². The van der Waals surface area contributed by atoms with Gasteiger partial charge >= 0.3 is 0 Å². The Morgan fingerprint density at radius 2 is 2.20 bits per heavy atom. The molecule has 0 radical (unpaired) electrons. The molecule has 1 aliphatic heterocycles. The zero-order valence-electron chi connectivity index (χ0n) is 11.2. The van der Waals surface area contributed by atoms with Crippen LogP contribution in [0.4, 0.5) is 0 Å². The Bertz CT molecular complexity index is 487. The third kappa shape index (κ3) is 3.85. The van der Waals surface area contributed by atoms with E-state index in [0.717, 1.165) is 5.75 Å². The number of rotatable bonds is 6. The summed E-state index contributed by atoms with van der Waals surface area (Å²) >= 11 is 0. The molecule has 0 bridgehead atoms. The van der Waals surface area contributed by atoms with Crippen molar-refractivity contribution >= 4 is 11.8 Å². The van der Waals surface area contributed by atoms with Crippen molar-refractivity contribution in [3.05, 3.63) is 43.0 Å². The number of nitrogens with zero attached hydrogens (tertiary/aromatic N) is 1. The minimum absolute atomic E-state index is 0.0380. The van der Waals surface area contributed by atoms with Gasteiger partial charge in [0.15, 0.2) is 0 Å². The van der Waals surface area contributed by atoms with Gasteiger partial charge in [0.1, 0.15) is 12.4 Å². The summed E-state index contributed by atoms with van der Waals surface area (Å²) in [6.07, 6.45) is 1.55. The lowest BCUT2D eigenvalue weighted by Gasteiger charge is -2.17. The number of ether oxygens (including phenoxy) is 1. The van der Waals surface area contributed by atoms with E-state index >= 15 is 0 Å². The smallest absolute Gasteiger partial charge is 0.243 e. The molecule has 20 heavy (non-hydrogen) atoms. The van der Waals surface area contributed by atoms with Crippen molar-refractivity contribution in [2.24, 2.45) is 0 Å². The first kappa shape index (κ1) is 14.1. The van der Waals surface area contributed by atoms with Crippen molar-refractivity contribution in [2.75, 3.05) is 19.7 Å². The maximum Gasteiger partial charge on any atom is 0.243 e. The lowest BCUT2D eigenvalue weighted by Crippen LogP contribution is -2.37. The number of carbonyl (C=O) groups is 2. The molecule has 1 fully saturated rings. The normalized spacial score (nSPS) is 17.9. The van der Waals surface area contributed by atoms with Gasteiger partial charge in [0.25, 0.3) is 0 Å². The number of likely N-dealkylation sites (tertiary alicyclic amines) is 1. The number of carbonyl (C=O) groups excluding carboxylic acids is 2. The highest BCUT2D eigenvalue weighted by Gasteiger charge is 2.29. The van der Waals surface area contributed by atoms with Gasteiger partial charge in [-0.1, -0.05) is 24.8 Å². The molecule has 1 aromatic rings. The third-order valence-electron chi connectivity index (χ3n) is 3.12. The van der Waals surface area contributed by atoms with E-state index in [1.54, 1.807) is 4.90 Å². The summed E-state index contributed by atoms with van der Waals surface area (Å²) in [6.45, 7) is 4.88. The molecule has 2 rings (SSSR count).